The van der Waals surface area contributed by atoms with Gasteiger partial charge in [-0.25, -0.2) is 4.98 Å². The van der Waals surface area contributed by atoms with E-state index in [4.69, 9.17) is 9.15 Å². The van der Waals surface area contributed by atoms with Gasteiger partial charge in [-0.1, -0.05) is 0 Å². The summed E-state index contributed by atoms with van der Waals surface area (Å²) in [5.74, 6) is 2.05. The van der Waals surface area contributed by atoms with Crippen LogP contribution in [-0.2, 0) is 0 Å². The highest BCUT2D eigenvalue weighted by molar-refractivity contribution is 5.91. The van der Waals surface area contributed by atoms with Crippen molar-refractivity contribution in [1.82, 2.24) is 9.88 Å². The number of hydrogen-bond donors (Lipinski definition) is 0. The molecule has 6 heteroatoms. The van der Waals surface area contributed by atoms with Crippen molar-refractivity contribution in [2.45, 2.75) is 25.4 Å². The molecule has 2 saturated heterocycles. The molecular formula is C18H21N3O3. The summed E-state index contributed by atoms with van der Waals surface area (Å²) in [4.78, 5) is 20.9. The van der Waals surface area contributed by atoms with Crippen molar-refractivity contribution in [3.05, 3.63) is 42.5 Å². The Kier molecular flexibility index (Phi) is 4.11. The van der Waals surface area contributed by atoms with Gasteiger partial charge in [0.15, 0.2) is 17.3 Å². The number of likely N-dealkylation sites (tertiary alicyclic amines) is 1. The van der Waals surface area contributed by atoms with Gasteiger partial charge in [0, 0.05) is 32.3 Å². The number of ether oxygens (including phenoxy) is 1. The van der Waals surface area contributed by atoms with Gasteiger partial charge < -0.3 is 19.0 Å². The zero-order valence-electron chi connectivity index (χ0n) is 13.6. The lowest BCUT2D eigenvalue weighted by atomic mass is 10.3. The van der Waals surface area contributed by atoms with Crippen molar-refractivity contribution in [2.24, 2.45) is 0 Å². The first kappa shape index (κ1) is 15.1. The lowest BCUT2D eigenvalue weighted by molar-refractivity contribution is 0.0741. The number of pyridine rings is 1. The molecular weight excluding hydrogens is 306 g/mol. The summed E-state index contributed by atoms with van der Waals surface area (Å²) in [6, 6.07) is 7.30. The first-order valence-corrected chi connectivity index (χ1v) is 8.50. The van der Waals surface area contributed by atoms with Crippen LogP contribution in [0.3, 0.4) is 0 Å². The van der Waals surface area contributed by atoms with Crippen molar-refractivity contribution in [3.8, 4) is 5.75 Å². The van der Waals surface area contributed by atoms with Crippen molar-refractivity contribution < 1.29 is 13.9 Å². The van der Waals surface area contributed by atoms with E-state index in [1.54, 1.807) is 17.0 Å². The minimum atomic E-state index is -0.0722. The Labute approximate surface area is 141 Å². The van der Waals surface area contributed by atoms with Gasteiger partial charge >= 0.3 is 0 Å². The van der Waals surface area contributed by atoms with Gasteiger partial charge in [0.2, 0.25) is 0 Å². The van der Waals surface area contributed by atoms with E-state index in [-0.39, 0.29) is 12.0 Å². The number of carbonyl (C=O) groups excluding carboxylic acids is 1. The van der Waals surface area contributed by atoms with Crippen LogP contribution in [0.4, 0.5) is 5.82 Å². The summed E-state index contributed by atoms with van der Waals surface area (Å²) >= 11 is 0. The molecule has 0 spiro atoms. The number of anilines is 1. The molecule has 0 aromatic carbocycles. The molecule has 1 atom stereocenters. The third kappa shape index (κ3) is 2.96. The Bertz CT molecular complexity index is 695. The Balaban J connectivity index is 1.43. The van der Waals surface area contributed by atoms with Crippen LogP contribution in [0.5, 0.6) is 5.75 Å². The predicted octanol–water partition coefficient (Wildman–Crippen LogP) is 2.57. The number of nitrogens with zero attached hydrogens (tertiary/aromatic N) is 3. The third-order valence-corrected chi connectivity index (χ3v) is 4.61. The summed E-state index contributed by atoms with van der Waals surface area (Å²) in [5, 5.41) is 0. The van der Waals surface area contributed by atoms with E-state index in [9.17, 15) is 4.79 Å². The quantitative estimate of drug-likeness (QED) is 0.864. The molecule has 126 valence electrons. The van der Waals surface area contributed by atoms with E-state index in [1.165, 1.54) is 19.1 Å². The predicted molar refractivity (Wildman–Crippen MR) is 89.3 cm³/mol. The minimum Gasteiger partial charge on any atom is -0.485 e. The molecule has 2 aromatic heterocycles. The van der Waals surface area contributed by atoms with Crippen molar-refractivity contribution in [2.75, 3.05) is 31.1 Å². The Morgan fingerprint density at radius 3 is 2.88 bits per heavy atom. The summed E-state index contributed by atoms with van der Waals surface area (Å²) in [6.45, 7) is 3.32. The van der Waals surface area contributed by atoms with Crippen molar-refractivity contribution in [1.29, 1.82) is 0 Å². The maximum atomic E-state index is 12.3. The van der Waals surface area contributed by atoms with Gasteiger partial charge in [0.25, 0.3) is 5.91 Å². The highest BCUT2D eigenvalue weighted by atomic mass is 16.5. The molecule has 0 N–H and O–H groups in total. The lowest BCUT2D eigenvalue weighted by Gasteiger charge is -2.22. The van der Waals surface area contributed by atoms with Gasteiger partial charge in [-0.15, -0.1) is 0 Å². The molecule has 0 aliphatic carbocycles. The second-order valence-corrected chi connectivity index (χ2v) is 6.28. The Hall–Kier alpha value is -2.50. The number of rotatable bonds is 4. The molecule has 2 fully saturated rings. The van der Waals surface area contributed by atoms with E-state index in [0.717, 1.165) is 31.1 Å². The average Bonchev–Trinajstić information content (AvgIpc) is 3.36. The van der Waals surface area contributed by atoms with Crippen molar-refractivity contribution >= 4 is 11.7 Å². The van der Waals surface area contributed by atoms with Crippen LogP contribution in [0.25, 0.3) is 0 Å². The molecule has 0 unspecified atom stereocenters. The number of furan rings is 1. The maximum absolute atomic E-state index is 12.3. The van der Waals surface area contributed by atoms with Gasteiger partial charge in [0.05, 0.1) is 12.8 Å². The maximum Gasteiger partial charge on any atom is 0.289 e. The van der Waals surface area contributed by atoms with E-state index >= 15 is 0 Å². The smallest absolute Gasteiger partial charge is 0.289 e. The van der Waals surface area contributed by atoms with E-state index in [0.29, 0.717) is 18.8 Å². The van der Waals surface area contributed by atoms with E-state index in [2.05, 4.69) is 9.88 Å². The normalized spacial score (nSPS) is 20.6. The zero-order valence-corrected chi connectivity index (χ0v) is 13.6. The molecule has 4 rings (SSSR count). The largest absolute Gasteiger partial charge is 0.485 e. The van der Waals surface area contributed by atoms with E-state index in [1.807, 2.05) is 18.3 Å². The van der Waals surface area contributed by atoms with Crippen LogP contribution in [0.2, 0.25) is 0 Å². The fraction of sp³-hybridized carbons (Fsp3) is 0.444. The topological polar surface area (TPSA) is 58.8 Å². The lowest BCUT2D eigenvalue weighted by Crippen LogP contribution is -2.31. The number of aromatic nitrogens is 1. The number of hydrogen-bond acceptors (Lipinski definition) is 5. The van der Waals surface area contributed by atoms with Crippen molar-refractivity contribution in [3.63, 3.8) is 0 Å². The summed E-state index contributed by atoms with van der Waals surface area (Å²) in [6.07, 6.45) is 6.54. The van der Waals surface area contributed by atoms with Crippen LogP contribution in [0.1, 0.15) is 29.8 Å². The molecule has 2 aliphatic rings. The molecule has 0 saturated carbocycles. The van der Waals surface area contributed by atoms with Gasteiger partial charge in [0.1, 0.15) is 6.10 Å². The van der Waals surface area contributed by atoms with Crippen LogP contribution >= 0.6 is 0 Å². The molecule has 0 bridgehead atoms. The monoisotopic (exact) mass is 327 g/mol. The summed E-state index contributed by atoms with van der Waals surface area (Å²) in [7, 11) is 0. The highest BCUT2D eigenvalue weighted by Crippen LogP contribution is 2.30. The average molecular weight is 327 g/mol. The molecule has 4 heterocycles. The number of amides is 1. The highest BCUT2D eigenvalue weighted by Gasteiger charge is 2.30. The number of carbonyl (C=O) groups is 1. The Morgan fingerprint density at radius 2 is 2.08 bits per heavy atom. The second kappa shape index (κ2) is 6.55. The first-order valence-electron chi connectivity index (χ1n) is 8.50. The molecule has 1 amide bonds. The van der Waals surface area contributed by atoms with Crippen LogP contribution in [-0.4, -0.2) is 48.1 Å². The summed E-state index contributed by atoms with van der Waals surface area (Å²) < 4.78 is 11.4. The SMILES string of the molecule is O=C(c1ccco1)N1CC[C@@H](Oc2cccnc2N2CCCC2)C1. The second-order valence-electron chi connectivity index (χ2n) is 6.28. The van der Waals surface area contributed by atoms with Gasteiger partial charge in [-0.3, -0.25) is 4.79 Å². The van der Waals surface area contributed by atoms with Crippen LogP contribution in [0.15, 0.2) is 41.1 Å². The fourth-order valence-electron chi connectivity index (χ4n) is 3.39. The Morgan fingerprint density at radius 1 is 1.21 bits per heavy atom. The molecule has 2 aliphatic heterocycles. The third-order valence-electron chi connectivity index (χ3n) is 4.61. The molecule has 6 nitrogen and oxygen atoms in total. The van der Waals surface area contributed by atoms with Crippen LogP contribution < -0.4 is 9.64 Å². The molecule has 0 radical (unpaired) electrons. The summed E-state index contributed by atoms with van der Waals surface area (Å²) in [5.41, 5.74) is 0. The van der Waals surface area contributed by atoms with Gasteiger partial charge in [-0.2, -0.15) is 0 Å². The van der Waals surface area contributed by atoms with E-state index < -0.39 is 0 Å². The van der Waals surface area contributed by atoms with Crippen LogP contribution in [0, 0.1) is 0 Å². The minimum absolute atomic E-state index is 0.00512. The zero-order chi connectivity index (χ0) is 16.4. The molecule has 2 aromatic rings. The standard InChI is InChI=1S/C18H21N3O3/c22-18(16-6-4-12-23-16)21-11-7-14(13-21)24-15-5-3-8-19-17(15)20-9-1-2-10-20/h3-6,8,12,14H,1-2,7,9-11,13H2/t14-/m1/s1. The fourth-order valence-corrected chi connectivity index (χ4v) is 3.39. The molecule has 24 heavy (non-hydrogen) atoms. The van der Waals surface area contributed by atoms with Gasteiger partial charge in [-0.05, 0) is 37.1 Å². The first-order chi connectivity index (χ1) is 11.8.